The summed E-state index contributed by atoms with van der Waals surface area (Å²) in [7, 11) is -0.797. The molecule has 1 saturated heterocycles. The maximum absolute atomic E-state index is 13.0. The summed E-state index contributed by atoms with van der Waals surface area (Å²) in [5.74, 6) is -0.342. The van der Waals surface area contributed by atoms with Gasteiger partial charge in [-0.15, -0.1) is 0 Å². The van der Waals surface area contributed by atoms with Crippen molar-refractivity contribution in [3.63, 3.8) is 0 Å². The lowest BCUT2D eigenvalue weighted by molar-refractivity contribution is 0.0735. The molecule has 8 heteroatoms. The predicted octanol–water partition coefficient (Wildman–Crippen LogP) is 3.02. The summed E-state index contributed by atoms with van der Waals surface area (Å²) in [6.07, 6.45) is 3.17. The Morgan fingerprint density at radius 1 is 1.07 bits per heavy atom. The molecule has 0 aliphatic carbocycles. The largest absolute Gasteiger partial charge is 0.423 e. The van der Waals surface area contributed by atoms with Gasteiger partial charge in [-0.2, -0.15) is 5.26 Å². The fourth-order valence-electron chi connectivity index (χ4n) is 3.22. The van der Waals surface area contributed by atoms with Gasteiger partial charge in [0.25, 0.3) is 0 Å². The number of esters is 1. The highest BCUT2D eigenvalue weighted by molar-refractivity contribution is 7.89. The molecule has 7 nitrogen and oxygen atoms in total. The van der Waals surface area contributed by atoms with E-state index in [-0.39, 0.29) is 10.5 Å². The molecule has 0 radical (unpaired) electrons. The van der Waals surface area contributed by atoms with Crippen LogP contribution in [0.25, 0.3) is 0 Å². The number of hydrogen-bond donors (Lipinski definition) is 0. The van der Waals surface area contributed by atoms with Gasteiger partial charge in [0.15, 0.2) is 0 Å². The molecule has 0 atom stereocenters. The van der Waals surface area contributed by atoms with Crippen molar-refractivity contribution >= 4 is 21.7 Å². The summed E-state index contributed by atoms with van der Waals surface area (Å²) < 4.78 is 31.7. The second-order valence-corrected chi connectivity index (χ2v) is 9.19. The highest BCUT2D eigenvalue weighted by Crippen LogP contribution is 2.29. The molecule has 0 aromatic heterocycles. The van der Waals surface area contributed by atoms with Gasteiger partial charge in [0.1, 0.15) is 5.75 Å². The minimum Gasteiger partial charge on any atom is -0.423 e. The van der Waals surface area contributed by atoms with Crippen molar-refractivity contribution in [1.82, 2.24) is 4.31 Å². The van der Waals surface area contributed by atoms with Gasteiger partial charge >= 0.3 is 5.97 Å². The van der Waals surface area contributed by atoms with Crippen molar-refractivity contribution in [2.75, 3.05) is 32.1 Å². The van der Waals surface area contributed by atoms with E-state index in [0.29, 0.717) is 17.0 Å². The molecule has 0 saturated carbocycles. The van der Waals surface area contributed by atoms with Crippen LogP contribution < -0.4 is 9.64 Å². The van der Waals surface area contributed by atoms with Crippen molar-refractivity contribution in [3.05, 3.63) is 53.6 Å². The Balaban J connectivity index is 1.99. The van der Waals surface area contributed by atoms with Crippen LogP contribution in [0.4, 0.5) is 5.69 Å². The third-order valence-corrected chi connectivity index (χ3v) is 6.67. The van der Waals surface area contributed by atoms with E-state index in [0.717, 1.165) is 36.7 Å². The molecule has 1 aliphatic rings. The molecular formula is C21H23N3O4S. The summed E-state index contributed by atoms with van der Waals surface area (Å²) in [6, 6.07) is 12.8. The number of benzene rings is 2. The summed E-state index contributed by atoms with van der Waals surface area (Å²) in [5.41, 5.74) is 1.33. The van der Waals surface area contributed by atoms with Gasteiger partial charge in [-0.05, 0) is 61.7 Å². The lowest BCUT2D eigenvalue weighted by atomic mass is 10.1. The molecule has 152 valence electrons. The Hall–Kier alpha value is -2.89. The van der Waals surface area contributed by atoms with Gasteiger partial charge in [0, 0.05) is 27.2 Å². The minimum absolute atomic E-state index is 0.0371. The van der Waals surface area contributed by atoms with Crippen LogP contribution in [-0.4, -0.2) is 45.9 Å². The fourth-order valence-corrected chi connectivity index (χ4v) is 4.15. The molecule has 1 aliphatic heterocycles. The molecule has 1 heterocycles. The van der Waals surface area contributed by atoms with Gasteiger partial charge in [-0.1, -0.05) is 0 Å². The van der Waals surface area contributed by atoms with E-state index in [1.54, 1.807) is 18.2 Å². The molecule has 0 unspecified atom stereocenters. The number of sulfonamides is 1. The van der Waals surface area contributed by atoms with Crippen LogP contribution in [0.5, 0.6) is 5.75 Å². The van der Waals surface area contributed by atoms with Crippen molar-refractivity contribution in [1.29, 1.82) is 5.26 Å². The Labute approximate surface area is 171 Å². The van der Waals surface area contributed by atoms with Crippen LogP contribution >= 0.6 is 0 Å². The number of hydrogen-bond acceptors (Lipinski definition) is 6. The number of anilines is 1. The van der Waals surface area contributed by atoms with E-state index in [1.165, 1.54) is 38.4 Å². The monoisotopic (exact) mass is 413 g/mol. The Morgan fingerprint density at radius 2 is 1.72 bits per heavy atom. The highest BCUT2D eigenvalue weighted by Gasteiger charge is 2.25. The van der Waals surface area contributed by atoms with Gasteiger partial charge in [-0.25, -0.2) is 17.5 Å². The summed E-state index contributed by atoms with van der Waals surface area (Å²) in [4.78, 5) is 15.1. The van der Waals surface area contributed by atoms with Gasteiger partial charge in [0.05, 0.1) is 27.8 Å². The first-order chi connectivity index (χ1) is 13.8. The molecule has 29 heavy (non-hydrogen) atoms. The predicted molar refractivity (Wildman–Crippen MR) is 109 cm³/mol. The number of nitriles is 1. The first-order valence-corrected chi connectivity index (χ1v) is 10.8. The van der Waals surface area contributed by atoms with Gasteiger partial charge < -0.3 is 9.64 Å². The number of rotatable bonds is 5. The SMILES string of the molecule is CN(C)S(=O)(=O)c1ccc(N2CCCCC2)c(C(=O)Oc2ccc(C#N)cc2)c1. The summed E-state index contributed by atoms with van der Waals surface area (Å²) in [5, 5.41) is 8.90. The van der Waals surface area contributed by atoms with Crippen molar-refractivity contribution in [2.45, 2.75) is 24.2 Å². The van der Waals surface area contributed by atoms with Crippen molar-refractivity contribution in [3.8, 4) is 11.8 Å². The van der Waals surface area contributed by atoms with Gasteiger partial charge in [0.2, 0.25) is 10.0 Å². The second-order valence-electron chi connectivity index (χ2n) is 7.04. The number of ether oxygens (including phenoxy) is 1. The topological polar surface area (TPSA) is 90.7 Å². The van der Waals surface area contributed by atoms with E-state index in [2.05, 4.69) is 4.90 Å². The zero-order valence-corrected chi connectivity index (χ0v) is 17.3. The minimum atomic E-state index is -3.69. The van der Waals surface area contributed by atoms with Crippen molar-refractivity contribution < 1.29 is 17.9 Å². The zero-order valence-electron chi connectivity index (χ0n) is 16.5. The number of piperidine rings is 1. The molecule has 0 amide bonds. The lowest BCUT2D eigenvalue weighted by Gasteiger charge is -2.30. The number of nitrogens with zero attached hydrogens (tertiary/aromatic N) is 3. The van der Waals surface area contributed by atoms with Crippen LogP contribution in [-0.2, 0) is 10.0 Å². The molecule has 0 bridgehead atoms. The lowest BCUT2D eigenvalue weighted by Crippen LogP contribution is -2.31. The third kappa shape index (κ3) is 4.58. The van der Waals surface area contributed by atoms with E-state index < -0.39 is 16.0 Å². The van der Waals surface area contributed by atoms with E-state index in [1.807, 2.05) is 6.07 Å². The third-order valence-electron chi connectivity index (χ3n) is 4.86. The van der Waals surface area contributed by atoms with Crippen LogP contribution in [0.1, 0.15) is 35.2 Å². The van der Waals surface area contributed by atoms with Crippen LogP contribution in [0.2, 0.25) is 0 Å². The van der Waals surface area contributed by atoms with E-state index in [4.69, 9.17) is 10.00 Å². The maximum Gasteiger partial charge on any atom is 0.345 e. The molecular weight excluding hydrogens is 390 g/mol. The number of carbonyl (C=O) groups is 1. The van der Waals surface area contributed by atoms with Crippen LogP contribution in [0.15, 0.2) is 47.4 Å². The normalized spacial score (nSPS) is 14.5. The molecule has 2 aromatic carbocycles. The van der Waals surface area contributed by atoms with Crippen molar-refractivity contribution in [2.24, 2.45) is 0 Å². The quantitative estimate of drug-likeness (QED) is 0.553. The van der Waals surface area contributed by atoms with Crippen LogP contribution in [0.3, 0.4) is 0 Å². The smallest absolute Gasteiger partial charge is 0.345 e. The summed E-state index contributed by atoms with van der Waals surface area (Å²) in [6.45, 7) is 1.61. The molecule has 3 rings (SSSR count). The molecule has 2 aromatic rings. The Morgan fingerprint density at radius 3 is 2.31 bits per heavy atom. The maximum atomic E-state index is 13.0. The second kappa shape index (κ2) is 8.64. The zero-order chi connectivity index (χ0) is 21.0. The van der Waals surface area contributed by atoms with E-state index in [9.17, 15) is 13.2 Å². The first kappa shape index (κ1) is 20.8. The molecule has 1 fully saturated rings. The average Bonchev–Trinajstić information content (AvgIpc) is 2.74. The van der Waals surface area contributed by atoms with Gasteiger partial charge in [-0.3, -0.25) is 0 Å². The van der Waals surface area contributed by atoms with Crippen LogP contribution in [0, 0.1) is 11.3 Å². The molecule has 0 N–H and O–H groups in total. The Kier molecular flexibility index (Phi) is 6.20. The number of carbonyl (C=O) groups excluding carboxylic acids is 1. The van der Waals surface area contributed by atoms with E-state index >= 15 is 0 Å². The Bertz CT molecular complexity index is 1030. The fraction of sp³-hybridized carbons (Fsp3) is 0.333. The average molecular weight is 413 g/mol. The summed E-state index contributed by atoms with van der Waals surface area (Å²) >= 11 is 0. The standard InChI is InChI=1S/C21H23N3O4S/c1-23(2)29(26,27)18-10-11-20(24-12-4-3-5-13-24)19(14-18)21(25)28-17-8-6-16(15-22)7-9-17/h6-11,14H,3-5,12-13H2,1-2H3. The first-order valence-electron chi connectivity index (χ1n) is 9.37. The highest BCUT2D eigenvalue weighted by atomic mass is 32.2. The molecule has 0 spiro atoms.